The molecule has 3 heterocycles. The average Bonchev–Trinajstić information content (AvgIpc) is 3.02. The summed E-state index contributed by atoms with van der Waals surface area (Å²) in [4.78, 5) is 23.4. The Kier molecular flexibility index (Phi) is 3.43. The number of hydrogen-bond donors (Lipinski definition) is 3. The number of nitrogens with two attached hydrogens (primary N) is 1. The van der Waals surface area contributed by atoms with Gasteiger partial charge in [0.2, 0.25) is 0 Å². The molecule has 3 atom stereocenters. The normalized spacial score (nSPS) is 28.1. The van der Waals surface area contributed by atoms with E-state index in [4.69, 9.17) is 15.2 Å². The van der Waals surface area contributed by atoms with Crippen molar-refractivity contribution in [1.29, 1.82) is 0 Å². The number of nitrogens with zero attached hydrogens (tertiary/aromatic N) is 4. The number of carbonyl (C=O) groups excluding carboxylic acids is 1. The van der Waals surface area contributed by atoms with Crippen LogP contribution in [-0.2, 0) is 20.2 Å². The van der Waals surface area contributed by atoms with Crippen LogP contribution in [0.3, 0.4) is 0 Å². The number of nitrogen functional groups attached to an aromatic ring is 1. The summed E-state index contributed by atoms with van der Waals surface area (Å²) in [6.45, 7) is 0.858. The lowest BCUT2D eigenvalue weighted by molar-refractivity contribution is -0.296. The molecule has 1 saturated heterocycles. The SMILES string of the molecule is CC(=O)O[C@]1(n2cnc3c(N)ncnc32)O[C@H](CO)C[C@H]1O. The first-order valence-corrected chi connectivity index (χ1v) is 6.58. The van der Waals surface area contributed by atoms with E-state index in [1.165, 1.54) is 24.1 Å². The Balaban J connectivity index is 2.17. The van der Waals surface area contributed by atoms with Crippen molar-refractivity contribution in [2.24, 2.45) is 0 Å². The number of fused-ring (bicyclic) bond motifs is 1. The summed E-state index contributed by atoms with van der Waals surface area (Å²) in [7, 11) is 0. The monoisotopic (exact) mass is 309 g/mol. The Morgan fingerprint density at radius 3 is 3.00 bits per heavy atom. The Labute approximate surface area is 124 Å². The summed E-state index contributed by atoms with van der Waals surface area (Å²) < 4.78 is 12.1. The van der Waals surface area contributed by atoms with E-state index < -0.39 is 24.1 Å². The molecule has 0 bridgehead atoms. The molecule has 0 spiro atoms. The summed E-state index contributed by atoms with van der Waals surface area (Å²) in [5.74, 6) is -2.37. The van der Waals surface area contributed by atoms with Crippen molar-refractivity contribution >= 4 is 23.0 Å². The van der Waals surface area contributed by atoms with Crippen molar-refractivity contribution in [2.45, 2.75) is 31.5 Å². The molecule has 0 aliphatic carbocycles. The highest BCUT2D eigenvalue weighted by molar-refractivity contribution is 5.81. The molecule has 10 nitrogen and oxygen atoms in total. The zero-order valence-corrected chi connectivity index (χ0v) is 11.7. The van der Waals surface area contributed by atoms with Crippen molar-refractivity contribution < 1.29 is 24.5 Å². The fourth-order valence-electron chi connectivity index (χ4n) is 2.52. The fourth-order valence-corrected chi connectivity index (χ4v) is 2.52. The number of aliphatic hydroxyl groups excluding tert-OH is 2. The van der Waals surface area contributed by atoms with Crippen LogP contribution in [0.4, 0.5) is 5.82 Å². The van der Waals surface area contributed by atoms with Gasteiger partial charge in [-0.15, -0.1) is 0 Å². The van der Waals surface area contributed by atoms with Gasteiger partial charge in [-0.3, -0.25) is 4.79 Å². The molecule has 2 aromatic rings. The highest BCUT2D eigenvalue weighted by Crippen LogP contribution is 2.38. The summed E-state index contributed by atoms with van der Waals surface area (Å²) >= 11 is 0. The molecule has 0 saturated carbocycles. The van der Waals surface area contributed by atoms with E-state index in [1.54, 1.807) is 0 Å². The van der Waals surface area contributed by atoms with Gasteiger partial charge in [0.05, 0.1) is 12.7 Å². The van der Waals surface area contributed by atoms with Crippen molar-refractivity contribution in [2.75, 3.05) is 12.3 Å². The van der Waals surface area contributed by atoms with Gasteiger partial charge in [-0.05, 0) is 0 Å². The Morgan fingerprint density at radius 1 is 1.59 bits per heavy atom. The second-order valence-corrected chi connectivity index (χ2v) is 4.94. The first-order valence-electron chi connectivity index (χ1n) is 6.58. The zero-order chi connectivity index (χ0) is 15.9. The molecule has 1 aliphatic rings. The molecule has 3 rings (SSSR count). The van der Waals surface area contributed by atoms with Crippen LogP contribution in [0.2, 0.25) is 0 Å². The molecule has 0 radical (unpaired) electrons. The molecule has 118 valence electrons. The lowest BCUT2D eigenvalue weighted by Crippen LogP contribution is -2.46. The van der Waals surface area contributed by atoms with Gasteiger partial charge in [-0.1, -0.05) is 0 Å². The van der Waals surface area contributed by atoms with Crippen LogP contribution in [0.15, 0.2) is 12.7 Å². The molecule has 0 aromatic carbocycles. The number of aromatic nitrogens is 4. The maximum atomic E-state index is 11.5. The van der Waals surface area contributed by atoms with Crippen LogP contribution in [-0.4, -0.2) is 54.5 Å². The van der Waals surface area contributed by atoms with Crippen LogP contribution in [0.1, 0.15) is 13.3 Å². The van der Waals surface area contributed by atoms with Crippen LogP contribution in [0.25, 0.3) is 11.2 Å². The van der Waals surface area contributed by atoms with Gasteiger partial charge in [0.25, 0.3) is 0 Å². The van der Waals surface area contributed by atoms with Crippen LogP contribution in [0, 0.1) is 0 Å². The second kappa shape index (κ2) is 5.16. The summed E-state index contributed by atoms with van der Waals surface area (Å²) in [5, 5.41) is 19.6. The molecule has 0 amide bonds. The number of anilines is 1. The van der Waals surface area contributed by atoms with Crippen LogP contribution in [0.5, 0.6) is 0 Å². The van der Waals surface area contributed by atoms with Crippen molar-refractivity contribution in [1.82, 2.24) is 19.5 Å². The summed E-state index contributed by atoms with van der Waals surface area (Å²) in [6, 6.07) is 0. The van der Waals surface area contributed by atoms with E-state index in [0.29, 0.717) is 0 Å². The smallest absolute Gasteiger partial charge is 0.331 e. The van der Waals surface area contributed by atoms with Crippen molar-refractivity contribution in [3.63, 3.8) is 0 Å². The van der Waals surface area contributed by atoms with Gasteiger partial charge in [0.1, 0.15) is 24.3 Å². The topological polar surface area (TPSA) is 146 Å². The molecule has 1 aliphatic heterocycles. The van der Waals surface area contributed by atoms with Gasteiger partial charge in [-0.25, -0.2) is 19.5 Å². The number of ether oxygens (including phenoxy) is 2. The van der Waals surface area contributed by atoms with Crippen molar-refractivity contribution in [3.8, 4) is 0 Å². The highest BCUT2D eigenvalue weighted by atomic mass is 16.8. The molecule has 22 heavy (non-hydrogen) atoms. The van der Waals surface area contributed by atoms with Gasteiger partial charge >= 0.3 is 11.9 Å². The minimum absolute atomic E-state index is 0.0873. The van der Waals surface area contributed by atoms with Gasteiger partial charge in [-0.2, -0.15) is 0 Å². The summed E-state index contributed by atoms with van der Waals surface area (Å²) in [6.07, 6.45) is 0.710. The quantitative estimate of drug-likeness (QED) is 0.590. The maximum absolute atomic E-state index is 11.5. The molecule has 2 aromatic heterocycles. The van der Waals surface area contributed by atoms with E-state index in [9.17, 15) is 15.0 Å². The lowest BCUT2D eigenvalue weighted by atomic mass is 10.2. The van der Waals surface area contributed by atoms with E-state index in [-0.39, 0.29) is 30.0 Å². The van der Waals surface area contributed by atoms with Crippen LogP contribution >= 0.6 is 0 Å². The number of aliphatic hydroxyl groups is 2. The van der Waals surface area contributed by atoms with E-state index in [1.807, 2.05) is 0 Å². The highest BCUT2D eigenvalue weighted by Gasteiger charge is 2.54. The Hall–Kier alpha value is -2.30. The third kappa shape index (κ3) is 2.08. The maximum Gasteiger partial charge on any atom is 0.331 e. The second-order valence-electron chi connectivity index (χ2n) is 4.94. The van der Waals surface area contributed by atoms with E-state index in [2.05, 4.69) is 15.0 Å². The number of esters is 1. The van der Waals surface area contributed by atoms with Gasteiger partial charge in [0.15, 0.2) is 11.5 Å². The first-order chi connectivity index (χ1) is 10.5. The predicted octanol–water partition coefficient (Wildman–Crippen LogP) is -1.28. The third-order valence-electron chi connectivity index (χ3n) is 3.43. The van der Waals surface area contributed by atoms with E-state index >= 15 is 0 Å². The molecule has 0 unspecified atom stereocenters. The van der Waals surface area contributed by atoms with Crippen LogP contribution < -0.4 is 5.73 Å². The average molecular weight is 309 g/mol. The first kappa shape index (κ1) is 14.6. The number of imidazole rings is 1. The van der Waals surface area contributed by atoms with Gasteiger partial charge in [0, 0.05) is 13.3 Å². The molecule has 4 N–H and O–H groups in total. The minimum atomic E-state index is -1.85. The Bertz CT molecular complexity index is 719. The number of rotatable bonds is 3. The zero-order valence-electron chi connectivity index (χ0n) is 11.7. The van der Waals surface area contributed by atoms with E-state index in [0.717, 1.165) is 0 Å². The molecule has 1 fully saturated rings. The van der Waals surface area contributed by atoms with Crippen molar-refractivity contribution in [3.05, 3.63) is 12.7 Å². The predicted molar refractivity (Wildman–Crippen MR) is 72.1 cm³/mol. The third-order valence-corrected chi connectivity index (χ3v) is 3.43. The summed E-state index contributed by atoms with van der Waals surface area (Å²) in [5.41, 5.74) is 6.25. The number of carbonyl (C=O) groups is 1. The molecular weight excluding hydrogens is 294 g/mol. The largest absolute Gasteiger partial charge is 0.411 e. The minimum Gasteiger partial charge on any atom is -0.411 e. The number of hydrogen-bond acceptors (Lipinski definition) is 9. The standard InChI is InChI=1S/C12H15N5O5/c1-6(19)21-12(8(20)2-7(3-18)22-12)17-5-16-9-10(13)14-4-15-11(9)17/h4-5,7-8,18,20H,2-3H2,1H3,(H2,13,14,15)/t7-,8+,12-/m0/s1. The Morgan fingerprint density at radius 2 is 2.36 bits per heavy atom. The lowest BCUT2D eigenvalue weighted by Gasteiger charge is -2.31. The fraction of sp³-hybridized carbons (Fsp3) is 0.500. The molecular formula is C12H15N5O5. The molecule has 10 heteroatoms. The van der Waals surface area contributed by atoms with Gasteiger partial charge < -0.3 is 25.4 Å².